The third-order valence-corrected chi connectivity index (χ3v) is 5.56. The molecule has 1 amide bonds. The second-order valence-corrected chi connectivity index (χ2v) is 8.19. The number of aliphatic imine (C=N–C) groups is 1. The van der Waals surface area contributed by atoms with Crippen molar-refractivity contribution in [2.75, 3.05) is 18.4 Å². The molecule has 0 unspecified atom stereocenters. The van der Waals surface area contributed by atoms with Gasteiger partial charge in [-0.1, -0.05) is 12.7 Å². The normalized spacial score (nSPS) is 15.9. The standard InChI is InChI=1S/C24H30F3N7O2/c1-5-11-29-22-19(15-30-33(22)6-2)23(35)31-21-14-20(18-9-12-28-13-10-18)32-34(21)16(3)7-8-17(4)36-24(25,26)27/h5,7-8,11,14-15,18,28H,1,6,9-10,12-13H2,2-4H3,(H,31,35). The lowest BCUT2D eigenvalue weighted by molar-refractivity contribution is -0.305. The van der Waals surface area contributed by atoms with Gasteiger partial charge in [0.1, 0.15) is 17.1 Å². The van der Waals surface area contributed by atoms with Gasteiger partial charge in [-0.05, 0) is 58.9 Å². The number of hydrogen-bond acceptors (Lipinski definition) is 6. The smallest absolute Gasteiger partial charge is 0.411 e. The molecule has 9 nitrogen and oxygen atoms in total. The van der Waals surface area contributed by atoms with Crippen LogP contribution in [0.1, 0.15) is 55.6 Å². The van der Waals surface area contributed by atoms with Crippen LogP contribution in [-0.2, 0) is 11.3 Å². The van der Waals surface area contributed by atoms with Crippen LogP contribution in [0.3, 0.4) is 0 Å². The van der Waals surface area contributed by atoms with Crippen LogP contribution in [0.4, 0.5) is 24.8 Å². The van der Waals surface area contributed by atoms with Gasteiger partial charge in [0, 0.05) is 30.4 Å². The minimum Gasteiger partial charge on any atom is -0.411 e. The largest absolute Gasteiger partial charge is 0.572 e. The number of hydrogen-bond donors (Lipinski definition) is 2. The molecular weight excluding hydrogens is 475 g/mol. The van der Waals surface area contributed by atoms with Gasteiger partial charge in [0.05, 0.1) is 11.9 Å². The number of aryl methyl sites for hydroxylation is 1. The number of halogens is 3. The molecule has 0 aliphatic carbocycles. The lowest BCUT2D eigenvalue weighted by Gasteiger charge is -2.20. The van der Waals surface area contributed by atoms with Crippen molar-refractivity contribution in [1.29, 1.82) is 0 Å². The van der Waals surface area contributed by atoms with Gasteiger partial charge in [-0.15, -0.1) is 13.2 Å². The summed E-state index contributed by atoms with van der Waals surface area (Å²) in [6, 6.07) is 1.80. The van der Waals surface area contributed by atoms with Crippen LogP contribution < -0.4 is 10.6 Å². The van der Waals surface area contributed by atoms with Crippen LogP contribution in [0.15, 0.2) is 47.8 Å². The highest BCUT2D eigenvalue weighted by molar-refractivity contribution is 6.07. The molecule has 1 fully saturated rings. The molecule has 36 heavy (non-hydrogen) atoms. The molecular formula is C24H30F3N7O2. The van der Waals surface area contributed by atoms with Crippen LogP contribution in [-0.4, -0.2) is 51.1 Å². The van der Waals surface area contributed by atoms with Gasteiger partial charge in [-0.2, -0.15) is 10.2 Å². The summed E-state index contributed by atoms with van der Waals surface area (Å²) >= 11 is 0. The highest BCUT2D eigenvalue weighted by atomic mass is 19.4. The highest BCUT2D eigenvalue weighted by Crippen LogP contribution is 2.29. The molecule has 1 aliphatic heterocycles. The van der Waals surface area contributed by atoms with Crippen LogP contribution in [0.25, 0.3) is 5.70 Å². The summed E-state index contributed by atoms with van der Waals surface area (Å²) in [6.45, 7) is 10.6. The first-order chi connectivity index (χ1) is 17.1. The van der Waals surface area contributed by atoms with Crippen molar-refractivity contribution >= 4 is 29.5 Å². The molecule has 12 heteroatoms. The molecule has 0 atom stereocenters. The number of carbonyl (C=O) groups excluding carboxylic acids is 1. The number of anilines is 1. The molecule has 3 rings (SSSR count). The van der Waals surface area contributed by atoms with Crippen molar-refractivity contribution in [3.05, 3.63) is 54.1 Å². The van der Waals surface area contributed by atoms with E-state index >= 15 is 0 Å². The lowest BCUT2D eigenvalue weighted by atomic mass is 9.95. The number of carbonyl (C=O) groups is 1. The van der Waals surface area contributed by atoms with E-state index in [0.29, 0.717) is 23.9 Å². The van der Waals surface area contributed by atoms with Gasteiger partial charge in [0.15, 0.2) is 5.82 Å². The van der Waals surface area contributed by atoms with Crippen LogP contribution in [0.2, 0.25) is 0 Å². The Morgan fingerprint density at radius 1 is 1.33 bits per heavy atom. The molecule has 1 saturated heterocycles. The van der Waals surface area contributed by atoms with Crippen LogP contribution in [0, 0.1) is 0 Å². The van der Waals surface area contributed by atoms with Crippen LogP contribution in [0.5, 0.6) is 0 Å². The molecule has 0 bridgehead atoms. The first kappa shape index (κ1) is 26.9. The Bertz CT molecular complexity index is 1170. The zero-order valence-electron chi connectivity index (χ0n) is 20.5. The number of aromatic nitrogens is 4. The van der Waals surface area contributed by atoms with Crippen molar-refractivity contribution in [2.45, 2.75) is 52.4 Å². The first-order valence-corrected chi connectivity index (χ1v) is 11.6. The maximum absolute atomic E-state index is 13.2. The van der Waals surface area contributed by atoms with Gasteiger partial charge in [0.25, 0.3) is 5.91 Å². The summed E-state index contributed by atoms with van der Waals surface area (Å²) < 4.78 is 44.5. The fraction of sp³-hybridized carbons (Fsp3) is 0.417. The van der Waals surface area contributed by atoms with Gasteiger partial charge in [-0.25, -0.2) is 14.4 Å². The third kappa shape index (κ3) is 6.94. The second-order valence-electron chi connectivity index (χ2n) is 8.19. The molecule has 2 aromatic heterocycles. The Kier molecular flexibility index (Phi) is 8.86. The van der Waals surface area contributed by atoms with Gasteiger partial charge in [0.2, 0.25) is 0 Å². The molecule has 0 saturated carbocycles. The zero-order valence-corrected chi connectivity index (χ0v) is 20.5. The number of piperidine rings is 1. The van der Waals surface area contributed by atoms with Gasteiger partial charge in [-0.3, -0.25) is 4.79 Å². The molecule has 2 N–H and O–H groups in total. The predicted molar refractivity (Wildman–Crippen MR) is 132 cm³/mol. The first-order valence-electron chi connectivity index (χ1n) is 11.6. The summed E-state index contributed by atoms with van der Waals surface area (Å²) in [5.41, 5.74) is 1.55. The molecule has 0 spiro atoms. The summed E-state index contributed by atoms with van der Waals surface area (Å²) in [6.07, 6.45) is 4.06. The average molecular weight is 506 g/mol. The lowest BCUT2D eigenvalue weighted by Crippen LogP contribution is -2.26. The molecule has 2 aromatic rings. The van der Waals surface area contributed by atoms with Gasteiger partial charge < -0.3 is 15.4 Å². The molecule has 0 radical (unpaired) electrons. The predicted octanol–water partition coefficient (Wildman–Crippen LogP) is 5.01. The quantitative estimate of drug-likeness (QED) is 0.284. The zero-order chi connectivity index (χ0) is 26.3. The number of nitrogens with zero attached hydrogens (tertiary/aromatic N) is 5. The Hall–Kier alpha value is -3.67. The van der Waals surface area contributed by atoms with Gasteiger partial charge >= 0.3 is 6.36 Å². The van der Waals surface area contributed by atoms with E-state index in [9.17, 15) is 18.0 Å². The average Bonchev–Trinajstić information content (AvgIpc) is 3.44. The SMILES string of the molecule is C=CC=Nc1c(C(=O)Nc2cc(C3CCNCC3)nn2C(C)=CC=C(C)OC(F)(F)F)cnn1CC. The summed E-state index contributed by atoms with van der Waals surface area (Å²) in [5.74, 6) is 0.193. The van der Waals surface area contributed by atoms with E-state index < -0.39 is 12.3 Å². The summed E-state index contributed by atoms with van der Waals surface area (Å²) in [7, 11) is 0. The van der Waals surface area contributed by atoms with Crippen LogP contribution >= 0.6 is 0 Å². The fourth-order valence-corrected chi connectivity index (χ4v) is 3.81. The number of amides is 1. The Morgan fingerprint density at radius 3 is 2.69 bits per heavy atom. The molecule has 0 aromatic carbocycles. The Morgan fingerprint density at radius 2 is 2.06 bits per heavy atom. The molecule has 3 heterocycles. The number of ether oxygens (including phenoxy) is 1. The summed E-state index contributed by atoms with van der Waals surface area (Å²) in [4.78, 5) is 17.5. The number of alkyl halides is 3. The van der Waals surface area contributed by atoms with Crippen molar-refractivity contribution in [2.24, 2.45) is 4.99 Å². The maximum Gasteiger partial charge on any atom is 0.572 e. The van der Waals surface area contributed by atoms with E-state index in [4.69, 9.17) is 0 Å². The minimum atomic E-state index is -4.77. The van der Waals surface area contributed by atoms with Crippen molar-refractivity contribution in [1.82, 2.24) is 24.9 Å². The summed E-state index contributed by atoms with van der Waals surface area (Å²) in [5, 5.41) is 15.1. The molecule has 1 aliphatic rings. The van der Waals surface area contributed by atoms with Crippen molar-refractivity contribution in [3.8, 4) is 0 Å². The van der Waals surface area contributed by atoms with E-state index in [2.05, 4.69) is 37.1 Å². The van der Waals surface area contributed by atoms with E-state index in [1.165, 1.54) is 42.2 Å². The number of nitrogens with one attached hydrogen (secondary N) is 2. The second kappa shape index (κ2) is 11.8. The van der Waals surface area contributed by atoms with Crippen molar-refractivity contribution < 1.29 is 22.7 Å². The Balaban J connectivity index is 1.95. The van der Waals surface area contributed by atoms with E-state index in [0.717, 1.165) is 31.6 Å². The number of rotatable bonds is 9. The number of allylic oxidation sites excluding steroid dienone is 5. The van der Waals surface area contributed by atoms with E-state index in [1.807, 2.05) is 6.92 Å². The fourth-order valence-electron chi connectivity index (χ4n) is 3.81. The van der Waals surface area contributed by atoms with E-state index in [1.54, 1.807) is 17.7 Å². The monoisotopic (exact) mass is 505 g/mol. The highest BCUT2D eigenvalue weighted by Gasteiger charge is 2.30. The molecule has 194 valence electrons. The Labute approximate surface area is 207 Å². The minimum absolute atomic E-state index is 0.192. The third-order valence-electron chi connectivity index (χ3n) is 5.56. The van der Waals surface area contributed by atoms with E-state index in [-0.39, 0.29) is 17.2 Å². The van der Waals surface area contributed by atoms with Crippen molar-refractivity contribution in [3.63, 3.8) is 0 Å². The maximum atomic E-state index is 13.2. The topological polar surface area (TPSA) is 98.4 Å².